The van der Waals surface area contributed by atoms with Gasteiger partial charge in [-0.15, -0.1) is 18.2 Å². The third-order valence-corrected chi connectivity index (χ3v) is 6.37. The first kappa shape index (κ1) is 21.6. The van der Waals surface area contributed by atoms with E-state index < -0.39 is 4.92 Å². The minimum atomic E-state index is -0.459. The molecule has 0 fully saturated rings. The lowest BCUT2D eigenvalue weighted by molar-refractivity contribution is -0.384. The molecule has 0 aliphatic rings. The highest BCUT2D eigenvalue weighted by Crippen LogP contribution is 2.24. The number of aromatic nitrogens is 1. The maximum atomic E-state index is 12.4. The first-order valence-electron chi connectivity index (χ1n) is 9.07. The van der Waals surface area contributed by atoms with Crippen LogP contribution in [0.5, 0.6) is 5.75 Å². The highest BCUT2D eigenvalue weighted by atomic mass is 32.2. The highest BCUT2D eigenvalue weighted by Gasteiger charge is 2.12. The zero-order chi connectivity index (χ0) is 21.5. The fourth-order valence-electron chi connectivity index (χ4n) is 2.75. The van der Waals surface area contributed by atoms with Gasteiger partial charge in [-0.2, -0.15) is 4.99 Å². The Morgan fingerprint density at radius 3 is 2.77 bits per heavy atom. The highest BCUT2D eigenvalue weighted by molar-refractivity contribution is 7.99. The van der Waals surface area contributed by atoms with Crippen molar-refractivity contribution in [2.24, 2.45) is 4.99 Å². The number of non-ortho nitro benzene ring substituents is 1. The van der Waals surface area contributed by atoms with E-state index in [0.717, 1.165) is 21.1 Å². The van der Waals surface area contributed by atoms with Crippen LogP contribution in [0.25, 0.3) is 10.2 Å². The van der Waals surface area contributed by atoms with Gasteiger partial charge in [-0.3, -0.25) is 14.9 Å². The zero-order valence-corrected chi connectivity index (χ0v) is 17.9. The van der Waals surface area contributed by atoms with Gasteiger partial charge in [0, 0.05) is 23.4 Å². The molecule has 2 aromatic carbocycles. The molecule has 0 unspecified atom stereocenters. The molecule has 3 rings (SSSR count). The number of nitro groups is 1. The number of carbonyl (C=O) groups excluding carboxylic acids is 1. The lowest BCUT2D eigenvalue weighted by Crippen LogP contribution is -2.16. The van der Waals surface area contributed by atoms with Gasteiger partial charge in [0.2, 0.25) is 5.91 Å². The lowest BCUT2D eigenvalue weighted by Gasteiger charge is -2.03. The average Bonchev–Trinajstić information content (AvgIpc) is 3.08. The van der Waals surface area contributed by atoms with Crippen molar-refractivity contribution < 1.29 is 14.5 Å². The predicted molar refractivity (Wildman–Crippen MR) is 119 cm³/mol. The van der Waals surface area contributed by atoms with Crippen LogP contribution in [0.2, 0.25) is 0 Å². The summed E-state index contributed by atoms with van der Waals surface area (Å²) in [5, 5.41) is 11.1. The molecule has 1 aromatic heterocycles. The van der Waals surface area contributed by atoms with E-state index in [1.54, 1.807) is 29.5 Å². The van der Waals surface area contributed by atoms with Crippen LogP contribution in [0.15, 0.2) is 52.4 Å². The molecule has 3 aromatic rings. The Hall–Kier alpha value is -3.09. The standard InChI is InChI=1S/C21H19N3O4S2/c1-3-12-23-18-14-15(24(26)27)6-11-19(18)30-21(23)22-20(25)5-4-13-29-17-9-7-16(28-2)8-10-17/h1,6-11,14H,4-5,12-13H2,2H3. The summed E-state index contributed by atoms with van der Waals surface area (Å²) in [4.78, 5) is 28.7. The third kappa shape index (κ3) is 5.28. The number of amides is 1. The first-order chi connectivity index (χ1) is 14.5. The number of hydrogen-bond acceptors (Lipinski definition) is 6. The number of fused-ring (bicyclic) bond motifs is 1. The Labute approximate surface area is 181 Å². The van der Waals surface area contributed by atoms with Crippen LogP contribution in [0.4, 0.5) is 5.69 Å². The van der Waals surface area contributed by atoms with Gasteiger partial charge < -0.3 is 9.30 Å². The maximum Gasteiger partial charge on any atom is 0.271 e. The second kappa shape index (κ2) is 10.1. The summed E-state index contributed by atoms with van der Waals surface area (Å²) in [7, 11) is 1.63. The molecule has 154 valence electrons. The fraction of sp³-hybridized carbons (Fsp3) is 0.238. The smallest absolute Gasteiger partial charge is 0.271 e. The summed E-state index contributed by atoms with van der Waals surface area (Å²) < 4.78 is 7.59. The van der Waals surface area contributed by atoms with E-state index in [4.69, 9.17) is 11.2 Å². The molecule has 0 radical (unpaired) electrons. The number of terminal acetylenes is 1. The molecule has 1 heterocycles. The fourth-order valence-corrected chi connectivity index (χ4v) is 4.63. The van der Waals surface area contributed by atoms with Crippen LogP contribution >= 0.6 is 23.1 Å². The molecule has 0 saturated carbocycles. The van der Waals surface area contributed by atoms with Crippen molar-refractivity contribution >= 4 is 44.9 Å². The summed E-state index contributed by atoms with van der Waals surface area (Å²) in [6.45, 7) is 0.181. The molecular weight excluding hydrogens is 422 g/mol. The number of hydrogen-bond donors (Lipinski definition) is 0. The number of carbonyl (C=O) groups is 1. The van der Waals surface area contributed by atoms with E-state index in [1.165, 1.54) is 23.5 Å². The van der Waals surface area contributed by atoms with Gasteiger partial charge in [0.1, 0.15) is 5.75 Å². The van der Waals surface area contributed by atoms with Crippen LogP contribution in [0.1, 0.15) is 12.8 Å². The number of methoxy groups -OCH3 is 1. The van der Waals surface area contributed by atoms with Crippen LogP contribution in [0.3, 0.4) is 0 Å². The molecule has 0 aliphatic heterocycles. The van der Waals surface area contributed by atoms with Crippen molar-refractivity contribution in [1.82, 2.24) is 4.57 Å². The topological polar surface area (TPSA) is 86.7 Å². The van der Waals surface area contributed by atoms with Crippen LogP contribution in [-0.2, 0) is 11.3 Å². The second-order valence-electron chi connectivity index (χ2n) is 6.22. The van der Waals surface area contributed by atoms with Gasteiger partial charge in [0.05, 0.1) is 28.8 Å². The van der Waals surface area contributed by atoms with Crippen molar-refractivity contribution in [3.63, 3.8) is 0 Å². The molecule has 9 heteroatoms. The molecule has 0 saturated heterocycles. The van der Waals surface area contributed by atoms with Gasteiger partial charge in [-0.1, -0.05) is 17.3 Å². The van der Waals surface area contributed by atoms with E-state index in [0.29, 0.717) is 23.2 Å². The summed E-state index contributed by atoms with van der Waals surface area (Å²) in [5.41, 5.74) is 0.577. The Balaban J connectivity index is 1.68. The number of rotatable bonds is 8. The minimum absolute atomic E-state index is 0.0282. The van der Waals surface area contributed by atoms with Crippen molar-refractivity contribution in [1.29, 1.82) is 0 Å². The maximum absolute atomic E-state index is 12.4. The third-order valence-electron chi connectivity index (χ3n) is 4.21. The number of ether oxygens (including phenoxy) is 1. The molecule has 30 heavy (non-hydrogen) atoms. The van der Waals surface area contributed by atoms with Crippen molar-refractivity contribution in [3.8, 4) is 18.1 Å². The minimum Gasteiger partial charge on any atom is -0.497 e. The monoisotopic (exact) mass is 441 g/mol. The first-order valence-corrected chi connectivity index (χ1v) is 10.9. The SMILES string of the molecule is C#CCn1c(=NC(=O)CCCSc2ccc(OC)cc2)sc2ccc([N+](=O)[O-])cc21. The summed E-state index contributed by atoms with van der Waals surface area (Å²) in [5.74, 6) is 3.88. The average molecular weight is 442 g/mol. The molecule has 1 amide bonds. The van der Waals surface area contributed by atoms with Gasteiger partial charge in [-0.05, 0) is 42.5 Å². The van der Waals surface area contributed by atoms with Gasteiger partial charge >= 0.3 is 0 Å². The van der Waals surface area contributed by atoms with Crippen molar-refractivity contribution in [3.05, 3.63) is 57.4 Å². The number of nitrogens with zero attached hydrogens (tertiary/aromatic N) is 3. The molecule has 7 nitrogen and oxygen atoms in total. The van der Waals surface area contributed by atoms with Crippen LogP contribution in [-0.4, -0.2) is 28.3 Å². The number of thioether (sulfide) groups is 1. The van der Waals surface area contributed by atoms with E-state index in [2.05, 4.69) is 10.9 Å². The summed E-state index contributed by atoms with van der Waals surface area (Å²) >= 11 is 2.96. The largest absolute Gasteiger partial charge is 0.497 e. The van der Waals surface area contributed by atoms with E-state index in [-0.39, 0.29) is 18.1 Å². The molecule has 0 N–H and O–H groups in total. The zero-order valence-electron chi connectivity index (χ0n) is 16.2. The normalized spacial score (nSPS) is 11.4. The van der Waals surface area contributed by atoms with Gasteiger partial charge in [0.15, 0.2) is 4.80 Å². The van der Waals surface area contributed by atoms with Crippen LogP contribution in [0, 0.1) is 22.5 Å². The second-order valence-corrected chi connectivity index (χ2v) is 8.39. The summed E-state index contributed by atoms with van der Waals surface area (Å²) in [6, 6.07) is 12.3. The summed E-state index contributed by atoms with van der Waals surface area (Å²) in [6.07, 6.45) is 6.44. The Morgan fingerprint density at radius 1 is 1.33 bits per heavy atom. The Morgan fingerprint density at radius 2 is 2.10 bits per heavy atom. The number of thiazole rings is 1. The van der Waals surface area contributed by atoms with Crippen molar-refractivity contribution in [2.45, 2.75) is 24.3 Å². The van der Waals surface area contributed by atoms with E-state index in [1.807, 2.05) is 24.3 Å². The van der Waals surface area contributed by atoms with Gasteiger partial charge in [0.25, 0.3) is 5.69 Å². The molecule has 0 aliphatic carbocycles. The molecule has 0 atom stereocenters. The quantitative estimate of drug-likeness (QED) is 0.171. The number of benzene rings is 2. The Kier molecular flexibility index (Phi) is 7.27. The Bertz CT molecular complexity index is 1170. The lowest BCUT2D eigenvalue weighted by atomic mass is 10.3. The van der Waals surface area contributed by atoms with E-state index >= 15 is 0 Å². The predicted octanol–water partition coefficient (Wildman–Crippen LogP) is 4.25. The number of nitro benzene ring substituents is 1. The molecule has 0 spiro atoms. The molecule has 0 bridgehead atoms. The van der Waals surface area contributed by atoms with Crippen LogP contribution < -0.4 is 9.54 Å². The van der Waals surface area contributed by atoms with E-state index in [9.17, 15) is 14.9 Å². The van der Waals surface area contributed by atoms with Crippen molar-refractivity contribution in [2.75, 3.05) is 12.9 Å². The van der Waals surface area contributed by atoms with Gasteiger partial charge in [-0.25, -0.2) is 0 Å². The molecular formula is C21H19N3O4S2.